The molecule has 0 saturated carbocycles. The van der Waals surface area contributed by atoms with Crippen LogP contribution in [0, 0.1) is 0 Å². The van der Waals surface area contributed by atoms with Crippen LogP contribution < -0.4 is 5.32 Å². The Morgan fingerprint density at radius 3 is 2.21 bits per heavy atom. The third-order valence-electron chi connectivity index (χ3n) is 5.07. The Bertz CT molecular complexity index is 1150. The zero-order valence-corrected chi connectivity index (χ0v) is 20.7. The van der Waals surface area contributed by atoms with Crippen LogP contribution in [0.2, 0.25) is 15.1 Å². The number of hydrogen-bond acceptors (Lipinski definition) is 3. The lowest BCUT2D eigenvalue weighted by Gasteiger charge is -2.22. The molecule has 34 heavy (non-hydrogen) atoms. The molecule has 1 N–H and O–H groups in total. The van der Waals surface area contributed by atoms with Crippen molar-refractivity contribution in [2.45, 2.75) is 51.4 Å². The third kappa shape index (κ3) is 6.26. The number of rotatable bonds is 4. The van der Waals surface area contributed by atoms with E-state index in [0.29, 0.717) is 18.9 Å². The molecule has 1 aliphatic carbocycles. The summed E-state index contributed by atoms with van der Waals surface area (Å²) in [6, 6.07) is 6.32. The topological polar surface area (TPSA) is 55.4 Å². The van der Waals surface area contributed by atoms with Crippen molar-refractivity contribution < 1.29 is 27.5 Å². The molecule has 1 aliphatic rings. The van der Waals surface area contributed by atoms with Gasteiger partial charge in [-0.1, -0.05) is 46.9 Å². The van der Waals surface area contributed by atoms with Crippen LogP contribution in [0.15, 0.2) is 36.4 Å². The molecule has 2 aromatic carbocycles. The van der Waals surface area contributed by atoms with E-state index in [1.165, 1.54) is 6.07 Å². The molecule has 0 saturated heterocycles. The molecular formula is C24H21Cl3F3NO3. The first-order valence-corrected chi connectivity index (χ1v) is 11.4. The normalized spacial score (nSPS) is 16.3. The van der Waals surface area contributed by atoms with E-state index in [4.69, 9.17) is 39.5 Å². The summed E-state index contributed by atoms with van der Waals surface area (Å²) in [4.78, 5) is 24.9. The zero-order chi connectivity index (χ0) is 25.4. The predicted molar refractivity (Wildman–Crippen MR) is 127 cm³/mol. The molecule has 0 bridgehead atoms. The van der Waals surface area contributed by atoms with Crippen LogP contribution in [-0.4, -0.2) is 23.7 Å². The van der Waals surface area contributed by atoms with Crippen LogP contribution in [0.5, 0.6) is 0 Å². The standard InChI is InChI=1S/C24H21Cl3F3NO3/c1-23(2,3)34-22(33)31-19-7-5-12-8-13(4-6-15(12)19)20(32)11-16(24(28,29)30)14-9-17(25)21(27)18(26)10-14/h4,6,8-11,19H,5,7H2,1-3H3,(H,31,33)/b16-11-. The van der Waals surface area contributed by atoms with Gasteiger partial charge in [0.15, 0.2) is 5.78 Å². The number of aryl methyl sites for hydroxylation is 1. The van der Waals surface area contributed by atoms with Crippen LogP contribution in [0.1, 0.15) is 60.3 Å². The van der Waals surface area contributed by atoms with Gasteiger partial charge in [0, 0.05) is 5.56 Å². The summed E-state index contributed by atoms with van der Waals surface area (Å²) in [6.45, 7) is 5.26. The molecule has 1 atom stereocenters. The number of carbonyl (C=O) groups excluding carboxylic acids is 2. The molecular weight excluding hydrogens is 514 g/mol. The van der Waals surface area contributed by atoms with Crippen LogP contribution in [0.4, 0.5) is 18.0 Å². The number of nitrogens with one attached hydrogen (secondary N) is 1. The number of alkyl halides is 3. The lowest BCUT2D eigenvalue weighted by atomic mass is 9.98. The Labute approximate surface area is 210 Å². The smallest absolute Gasteiger partial charge is 0.417 e. The summed E-state index contributed by atoms with van der Waals surface area (Å²) >= 11 is 17.6. The summed E-state index contributed by atoms with van der Waals surface area (Å²) < 4.78 is 46.6. The Hall–Kier alpha value is -2.22. The highest BCUT2D eigenvalue weighted by Gasteiger charge is 2.36. The average Bonchev–Trinajstić information content (AvgIpc) is 3.09. The maximum atomic E-state index is 13.8. The van der Waals surface area contributed by atoms with Crippen molar-refractivity contribution in [1.82, 2.24) is 5.32 Å². The van der Waals surface area contributed by atoms with E-state index in [2.05, 4.69) is 5.32 Å². The molecule has 0 fully saturated rings. The number of ether oxygens (including phenoxy) is 1. The van der Waals surface area contributed by atoms with Gasteiger partial charge in [-0.2, -0.15) is 13.2 Å². The molecule has 1 amide bonds. The van der Waals surface area contributed by atoms with Crippen LogP contribution in [0.3, 0.4) is 0 Å². The molecule has 1 unspecified atom stereocenters. The fraction of sp³-hybridized carbons (Fsp3) is 0.333. The molecule has 0 aliphatic heterocycles. The van der Waals surface area contributed by atoms with E-state index in [1.807, 2.05) is 0 Å². The fourth-order valence-corrected chi connectivity index (χ4v) is 4.22. The van der Waals surface area contributed by atoms with Gasteiger partial charge in [0.05, 0.1) is 26.7 Å². The van der Waals surface area contributed by atoms with Gasteiger partial charge in [0.25, 0.3) is 0 Å². The van der Waals surface area contributed by atoms with E-state index in [-0.39, 0.29) is 32.2 Å². The first-order valence-electron chi connectivity index (χ1n) is 10.3. The second kappa shape index (κ2) is 9.80. The average molecular weight is 535 g/mol. The van der Waals surface area contributed by atoms with Crippen molar-refractivity contribution in [3.8, 4) is 0 Å². The van der Waals surface area contributed by atoms with E-state index in [1.54, 1.807) is 32.9 Å². The fourth-order valence-electron chi connectivity index (χ4n) is 3.62. The number of hydrogen-bond donors (Lipinski definition) is 1. The first-order chi connectivity index (χ1) is 15.7. The second-order valence-electron chi connectivity index (χ2n) is 8.82. The quantitative estimate of drug-likeness (QED) is 0.246. The van der Waals surface area contributed by atoms with Gasteiger partial charge < -0.3 is 10.1 Å². The van der Waals surface area contributed by atoms with Crippen molar-refractivity contribution in [2.24, 2.45) is 0 Å². The monoisotopic (exact) mass is 533 g/mol. The lowest BCUT2D eigenvalue weighted by molar-refractivity contribution is -0.0689. The number of ketones is 1. The van der Waals surface area contributed by atoms with Crippen LogP contribution in [0.25, 0.3) is 5.57 Å². The molecule has 3 rings (SSSR count). The molecule has 0 aromatic heterocycles. The number of carbonyl (C=O) groups is 2. The van der Waals surface area contributed by atoms with E-state index < -0.39 is 29.2 Å². The highest BCUT2D eigenvalue weighted by atomic mass is 35.5. The number of fused-ring (bicyclic) bond motifs is 1. The van der Waals surface area contributed by atoms with Crippen molar-refractivity contribution in [3.63, 3.8) is 0 Å². The van der Waals surface area contributed by atoms with Crippen molar-refractivity contribution in [3.05, 3.63) is 73.7 Å². The summed E-state index contributed by atoms with van der Waals surface area (Å²) in [5.74, 6) is -0.833. The van der Waals surface area contributed by atoms with E-state index in [0.717, 1.165) is 23.3 Å². The minimum atomic E-state index is -4.84. The Morgan fingerprint density at radius 1 is 1.03 bits per heavy atom. The number of halogens is 6. The molecule has 182 valence electrons. The van der Waals surface area contributed by atoms with Gasteiger partial charge in [-0.3, -0.25) is 4.79 Å². The van der Waals surface area contributed by atoms with Crippen molar-refractivity contribution in [2.75, 3.05) is 0 Å². The second-order valence-corrected chi connectivity index (χ2v) is 10.0. The van der Waals surface area contributed by atoms with Gasteiger partial charge in [-0.05, 0) is 74.6 Å². The van der Waals surface area contributed by atoms with Gasteiger partial charge in [-0.15, -0.1) is 0 Å². The number of amides is 1. The molecule has 2 aromatic rings. The summed E-state index contributed by atoms with van der Waals surface area (Å²) in [5, 5.41) is 2.39. The highest BCUT2D eigenvalue weighted by Crippen LogP contribution is 2.40. The third-order valence-corrected chi connectivity index (χ3v) is 6.27. The SMILES string of the molecule is CC(C)(C)OC(=O)NC1CCc2cc(C(=O)/C=C(/c3cc(Cl)c(Cl)c(Cl)c3)C(F)(F)F)ccc21. The molecule has 0 spiro atoms. The first kappa shape index (κ1) is 26.4. The highest BCUT2D eigenvalue weighted by molar-refractivity contribution is 6.48. The van der Waals surface area contributed by atoms with E-state index in [9.17, 15) is 22.8 Å². The number of allylic oxidation sites excluding steroid dienone is 2. The maximum absolute atomic E-state index is 13.8. The zero-order valence-electron chi connectivity index (χ0n) is 18.4. The van der Waals surface area contributed by atoms with Gasteiger partial charge >= 0.3 is 12.3 Å². The summed E-state index contributed by atoms with van der Waals surface area (Å²) in [5.41, 5.74) is -0.566. The molecule has 4 nitrogen and oxygen atoms in total. The maximum Gasteiger partial charge on any atom is 0.417 e. The minimum Gasteiger partial charge on any atom is -0.444 e. The van der Waals surface area contributed by atoms with E-state index >= 15 is 0 Å². The number of benzene rings is 2. The molecule has 0 radical (unpaired) electrons. The summed E-state index contributed by atoms with van der Waals surface area (Å²) in [6.07, 6.45) is -3.76. The van der Waals surface area contributed by atoms with Gasteiger partial charge in [-0.25, -0.2) is 4.79 Å². The summed E-state index contributed by atoms with van der Waals surface area (Å²) in [7, 11) is 0. The van der Waals surface area contributed by atoms with Gasteiger partial charge in [0.1, 0.15) is 5.60 Å². The number of alkyl carbamates (subject to hydrolysis) is 1. The van der Waals surface area contributed by atoms with Gasteiger partial charge in [0.2, 0.25) is 0 Å². The molecule has 10 heteroatoms. The minimum absolute atomic E-state index is 0.0758. The lowest BCUT2D eigenvalue weighted by Crippen LogP contribution is -2.34. The van der Waals surface area contributed by atoms with Crippen LogP contribution >= 0.6 is 34.8 Å². The largest absolute Gasteiger partial charge is 0.444 e. The van der Waals surface area contributed by atoms with Crippen LogP contribution in [-0.2, 0) is 11.2 Å². The Kier molecular flexibility index (Phi) is 7.60. The van der Waals surface area contributed by atoms with Crippen molar-refractivity contribution >= 4 is 52.3 Å². The van der Waals surface area contributed by atoms with Crippen molar-refractivity contribution in [1.29, 1.82) is 0 Å². The Morgan fingerprint density at radius 2 is 1.65 bits per heavy atom. The predicted octanol–water partition coefficient (Wildman–Crippen LogP) is 7.99. The Balaban J connectivity index is 1.88. The molecule has 0 heterocycles.